The van der Waals surface area contributed by atoms with Crippen molar-refractivity contribution in [2.45, 2.75) is 26.2 Å². The van der Waals surface area contributed by atoms with Crippen LogP contribution in [0.2, 0.25) is 0 Å². The van der Waals surface area contributed by atoms with E-state index in [1.807, 2.05) is 85.1 Å². The molecule has 1 aliphatic heterocycles. The van der Waals surface area contributed by atoms with Gasteiger partial charge in [-0.25, -0.2) is 4.79 Å². The molecule has 0 saturated carbocycles. The van der Waals surface area contributed by atoms with Crippen molar-refractivity contribution >= 4 is 52.0 Å². The Kier molecular flexibility index (Phi) is 6.27. The summed E-state index contributed by atoms with van der Waals surface area (Å²) in [5.74, 6) is -0.132. The second kappa shape index (κ2) is 9.70. The Hall–Kier alpha value is -4.78. The van der Waals surface area contributed by atoms with Gasteiger partial charge in [0.25, 0.3) is 5.91 Å². The highest BCUT2D eigenvalue weighted by Gasteiger charge is 2.24. The van der Waals surface area contributed by atoms with Gasteiger partial charge < -0.3 is 26.3 Å². The third kappa shape index (κ3) is 5.56. The Bertz CT molecular complexity index is 1500. The Balaban J connectivity index is 1.26. The lowest BCUT2D eigenvalue weighted by Crippen LogP contribution is -2.20. The number of rotatable bonds is 5. The Morgan fingerprint density at radius 1 is 0.811 bits per heavy atom. The average molecular weight is 492 g/mol. The van der Waals surface area contributed by atoms with Crippen molar-refractivity contribution in [2.75, 3.05) is 21.3 Å². The summed E-state index contributed by atoms with van der Waals surface area (Å²) in [6.45, 7) is 6.41. The molecule has 7 heteroatoms. The lowest BCUT2D eigenvalue weighted by molar-refractivity contribution is -0.110. The first kappa shape index (κ1) is 23.9. The summed E-state index contributed by atoms with van der Waals surface area (Å²) in [6.07, 6.45) is 3.66. The Morgan fingerprint density at radius 2 is 1.51 bits per heavy atom. The van der Waals surface area contributed by atoms with E-state index >= 15 is 0 Å². The van der Waals surface area contributed by atoms with Crippen LogP contribution in [0.1, 0.15) is 37.6 Å². The molecule has 0 atom stereocenters. The third-order valence-electron chi connectivity index (χ3n) is 6.12. The van der Waals surface area contributed by atoms with E-state index in [1.165, 1.54) is 0 Å². The number of hydrogen-bond acceptors (Lipinski definition) is 3. The van der Waals surface area contributed by atoms with Gasteiger partial charge >= 0.3 is 6.03 Å². The number of urea groups is 1. The van der Waals surface area contributed by atoms with Crippen LogP contribution in [0.3, 0.4) is 0 Å². The molecule has 0 fully saturated rings. The topological polar surface area (TPSA) is 98.0 Å². The van der Waals surface area contributed by atoms with E-state index in [2.05, 4.69) is 53.1 Å². The number of nitrogens with one attached hydrogen (secondary N) is 5. The molecule has 3 amide bonds. The zero-order chi connectivity index (χ0) is 26.0. The minimum atomic E-state index is -0.315. The van der Waals surface area contributed by atoms with Crippen LogP contribution in [0, 0.1) is 0 Å². The molecule has 0 bridgehead atoms. The maximum absolute atomic E-state index is 12.6. The number of benzene rings is 3. The second-order valence-corrected chi connectivity index (χ2v) is 10.0. The van der Waals surface area contributed by atoms with Crippen LogP contribution in [-0.4, -0.2) is 16.9 Å². The summed E-state index contributed by atoms with van der Waals surface area (Å²) in [5, 5.41) is 12.1. The van der Waals surface area contributed by atoms with Crippen LogP contribution in [0.15, 0.2) is 85.1 Å². The predicted octanol–water partition coefficient (Wildman–Crippen LogP) is 7.19. The SMILES string of the molecule is CC(C)(C)c1cccc(NC(=O)Nc2cccc(Nc3ccc4c(c3)NC(=O)C4=Cc3ccc[nH]3)c2)c1. The van der Waals surface area contributed by atoms with Gasteiger partial charge in [-0.2, -0.15) is 0 Å². The smallest absolute Gasteiger partial charge is 0.323 e. The first-order valence-corrected chi connectivity index (χ1v) is 12.1. The van der Waals surface area contributed by atoms with Crippen molar-refractivity contribution < 1.29 is 9.59 Å². The molecule has 3 aromatic carbocycles. The normalized spacial score (nSPS) is 13.7. The van der Waals surface area contributed by atoms with E-state index in [-0.39, 0.29) is 17.4 Å². The zero-order valence-corrected chi connectivity index (χ0v) is 21.0. The van der Waals surface area contributed by atoms with Crippen LogP contribution in [-0.2, 0) is 10.2 Å². The van der Waals surface area contributed by atoms with Crippen molar-refractivity contribution in [3.05, 3.63) is 102 Å². The molecule has 0 radical (unpaired) electrons. The molecule has 0 saturated heterocycles. The van der Waals surface area contributed by atoms with Gasteiger partial charge in [0.1, 0.15) is 0 Å². The maximum Gasteiger partial charge on any atom is 0.323 e. The number of aromatic amines is 1. The number of aromatic nitrogens is 1. The van der Waals surface area contributed by atoms with Crippen LogP contribution in [0.25, 0.3) is 11.6 Å². The van der Waals surface area contributed by atoms with Gasteiger partial charge in [0.05, 0.1) is 11.3 Å². The maximum atomic E-state index is 12.6. The van der Waals surface area contributed by atoms with Gasteiger partial charge in [-0.05, 0) is 71.7 Å². The summed E-state index contributed by atoms with van der Waals surface area (Å²) in [7, 11) is 0. The number of carbonyl (C=O) groups is 2. The van der Waals surface area contributed by atoms with Crippen molar-refractivity contribution in [2.24, 2.45) is 0 Å². The molecule has 5 N–H and O–H groups in total. The second-order valence-electron chi connectivity index (χ2n) is 10.0. The van der Waals surface area contributed by atoms with Crippen molar-refractivity contribution in [3.8, 4) is 0 Å². The molecule has 0 unspecified atom stereocenters. The summed E-state index contributed by atoms with van der Waals surface area (Å²) < 4.78 is 0. The number of fused-ring (bicyclic) bond motifs is 1. The van der Waals surface area contributed by atoms with Gasteiger partial charge in [-0.15, -0.1) is 0 Å². The zero-order valence-electron chi connectivity index (χ0n) is 21.0. The van der Waals surface area contributed by atoms with Crippen molar-refractivity contribution in [1.82, 2.24) is 4.98 Å². The molecule has 4 aromatic rings. The van der Waals surface area contributed by atoms with Gasteiger partial charge in [-0.3, -0.25) is 4.79 Å². The fourth-order valence-electron chi connectivity index (χ4n) is 4.20. The number of hydrogen-bond donors (Lipinski definition) is 5. The number of amides is 3. The highest BCUT2D eigenvalue weighted by atomic mass is 16.2. The largest absolute Gasteiger partial charge is 0.362 e. The standard InChI is InChI=1S/C30H29N5O2/c1-30(2,3)19-7-4-8-21(15-19)33-29(37)34-23-10-5-9-22(16-23)32-24-12-13-25-26(17-20-11-6-14-31-20)28(36)35-27(25)18-24/h4-18,31-32H,1-3H3,(H,35,36)(H2,33,34,37). The molecule has 2 heterocycles. The van der Waals surface area contributed by atoms with Gasteiger partial charge in [-0.1, -0.05) is 45.0 Å². The van der Waals surface area contributed by atoms with E-state index in [1.54, 1.807) is 0 Å². The highest BCUT2D eigenvalue weighted by molar-refractivity contribution is 6.35. The lowest BCUT2D eigenvalue weighted by Gasteiger charge is -2.20. The first-order chi connectivity index (χ1) is 17.7. The van der Waals surface area contributed by atoms with Crippen LogP contribution >= 0.6 is 0 Å². The van der Waals surface area contributed by atoms with Gasteiger partial charge in [0, 0.05) is 40.2 Å². The van der Waals surface area contributed by atoms with Gasteiger partial charge in [0.15, 0.2) is 0 Å². The number of H-pyrrole nitrogens is 1. The molecule has 186 valence electrons. The van der Waals surface area contributed by atoms with E-state index in [9.17, 15) is 9.59 Å². The molecule has 5 rings (SSSR count). The monoisotopic (exact) mass is 491 g/mol. The summed E-state index contributed by atoms with van der Waals surface area (Å²) in [6, 6.07) is 24.6. The van der Waals surface area contributed by atoms with Crippen LogP contribution in [0.4, 0.5) is 33.2 Å². The Labute approximate surface area is 216 Å². The molecule has 0 spiro atoms. The third-order valence-corrected chi connectivity index (χ3v) is 6.12. The fourth-order valence-corrected chi connectivity index (χ4v) is 4.20. The molecule has 0 aliphatic carbocycles. The van der Waals surface area contributed by atoms with E-state index < -0.39 is 0 Å². The minimum Gasteiger partial charge on any atom is -0.362 e. The molecule has 1 aliphatic rings. The Morgan fingerprint density at radius 3 is 2.24 bits per heavy atom. The van der Waals surface area contributed by atoms with Gasteiger partial charge in [0.2, 0.25) is 0 Å². The van der Waals surface area contributed by atoms with Crippen LogP contribution < -0.4 is 21.3 Å². The van der Waals surface area contributed by atoms with Crippen LogP contribution in [0.5, 0.6) is 0 Å². The quantitative estimate of drug-likeness (QED) is 0.191. The van der Waals surface area contributed by atoms with E-state index in [0.29, 0.717) is 11.3 Å². The summed E-state index contributed by atoms with van der Waals surface area (Å²) in [5.41, 5.74) is 7.25. The molecule has 1 aromatic heterocycles. The molecular weight excluding hydrogens is 462 g/mol. The summed E-state index contributed by atoms with van der Waals surface area (Å²) >= 11 is 0. The summed E-state index contributed by atoms with van der Waals surface area (Å²) in [4.78, 5) is 28.2. The number of carbonyl (C=O) groups excluding carboxylic acids is 2. The highest BCUT2D eigenvalue weighted by Crippen LogP contribution is 2.35. The average Bonchev–Trinajstić information content (AvgIpc) is 3.46. The number of anilines is 5. The fraction of sp³-hybridized carbons (Fsp3) is 0.133. The lowest BCUT2D eigenvalue weighted by atomic mass is 9.87. The first-order valence-electron chi connectivity index (χ1n) is 12.1. The molecule has 7 nitrogen and oxygen atoms in total. The molecule has 37 heavy (non-hydrogen) atoms. The van der Waals surface area contributed by atoms with Crippen molar-refractivity contribution in [1.29, 1.82) is 0 Å². The minimum absolute atomic E-state index is 0.00536. The molecular formula is C30H29N5O2. The van der Waals surface area contributed by atoms with Crippen molar-refractivity contribution in [3.63, 3.8) is 0 Å². The predicted molar refractivity (Wildman–Crippen MR) is 151 cm³/mol. The van der Waals surface area contributed by atoms with E-state index in [0.717, 1.165) is 39.6 Å². The van der Waals surface area contributed by atoms with E-state index in [4.69, 9.17) is 0 Å².